The van der Waals surface area contributed by atoms with Crippen LogP contribution in [0.1, 0.15) is 30.4 Å². The molecule has 3 nitrogen and oxygen atoms in total. The normalized spacial score (nSPS) is 26.1. The highest BCUT2D eigenvalue weighted by Gasteiger charge is 2.31. The van der Waals surface area contributed by atoms with E-state index in [2.05, 4.69) is 5.32 Å². The number of benzene rings is 1. The number of hydrogen-bond donors (Lipinski definition) is 1. The summed E-state index contributed by atoms with van der Waals surface area (Å²) in [6, 6.07) is 5.85. The highest BCUT2D eigenvalue weighted by Crippen LogP contribution is 2.29. The van der Waals surface area contributed by atoms with Crippen LogP contribution in [-0.4, -0.2) is 23.0 Å². The van der Waals surface area contributed by atoms with Gasteiger partial charge in [0.05, 0.1) is 5.38 Å². The molecule has 1 aromatic carbocycles. The first-order chi connectivity index (χ1) is 9.47. The fraction of sp³-hybridized carbons (Fsp3) is 0.533. The topological polar surface area (TPSA) is 38.3 Å². The van der Waals surface area contributed by atoms with Gasteiger partial charge >= 0.3 is 6.09 Å². The number of nitrogens with one attached hydrogen (secondary N) is 1. The zero-order valence-electron chi connectivity index (χ0n) is 11.7. The number of alkyl halides is 2. The van der Waals surface area contributed by atoms with Crippen LogP contribution in [0.5, 0.6) is 0 Å². The van der Waals surface area contributed by atoms with Crippen molar-refractivity contribution in [2.75, 3.05) is 5.32 Å². The van der Waals surface area contributed by atoms with Gasteiger partial charge in [0, 0.05) is 17.5 Å². The van der Waals surface area contributed by atoms with Gasteiger partial charge in [-0.3, -0.25) is 5.32 Å². The first-order valence-corrected chi connectivity index (χ1v) is 7.66. The van der Waals surface area contributed by atoms with E-state index in [1.807, 2.05) is 32.0 Å². The minimum Gasteiger partial charge on any atom is -0.444 e. The molecule has 0 unspecified atom stereocenters. The highest BCUT2D eigenvalue weighted by atomic mass is 35.5. The molecule has 0 aromatic heterocycles. The molecule has 0 spiro atoms. The summed E-state index contributed by atoms with van der Waals surface area (Å²) in [5, 5.41) is 2.67. The average molecular weight is 316 g/mol. The molecule has 0 radical (unpaired) electrons. The van der Waals surface area contributed by atoms with E-state index in [4.69, 9.17) is 27.9 Å². The number of ether oxygens (including phenoxy) is 1. The second-order valence-electron chi connectivity index (χ2n) is 5.26. The number of amides is 1. The number of anilines is 1. The third kappa shape index (κ3) is 3.80. The van der Waals surface area contributed by atoms with Crippen LogP contribution in [0.25, 0.3) is 0 Å². The molecule has 1 fully saturated rings. The number of aryl methyl sites for hydroxylation is 2. The van der Waals surface area contributed by atoms with E-state index in [-0.39, 0.29) is 16.9 Å². The van der Waals surface area contributed by atoms with E-state index in [0.29, 0.717) is 6.42 Å². The molecule has 0 heterocycles. The molecule has 1 N–H and O–H groups in total. The van der Waals surface area contributed by atoms with Gasteiger partial charge in [0.2, 0.25) is 0 Å². The van der Waals surface area contributed by atoms with Crippen molar-refractivity contribution in [3.05, 3.63) is 29.3 Å². The van der Waals surface area contributed by atoms with Gasteiger partial charge in [-0.05, 0) is 37.8 Å². The molecular formula is C15H19Cl2NO2. The third-order valence-electron chi connectivity index (χ3n) is 3.61. The van der Waals surface area contributed by atoms with Crippen LogP contribution in [0.2, 0.25) is 0 Å². The van der Waals surface area contributed by atoms with Crippen LogP contribution >= 0.6 is 23.2 Å². The van der Waals surface area contributed by atoms with Gasteiger partial charge in [0.25, 0.3) is 0 Å². The standard InChI is InChI=1S/C15H19Cl2NO2/c1-9-4-3-5-10(2)14(9)18-15(19)20-13-8-11(16)6-7-12(13)17/h3-5,11-13H,6-8H2,1-2H3,(H,18,19)/t11-,12+,13-/m1/s1. The maximum Gasteiger partial charge on any atom is 0.411 e. The van der Waals surface area contributed by atoms with Crippen molar-refractivity contribution in [1.29, 1.82) is 0 Å². The monoisotopic (exact) mass is 315 g/mol. The first kappa shape index (κ1) is 15.5. The minimum absolute atomic E-state index is 0.0306. The summed E-state index contributed by atoms with van der Waals surface area (Å²) in [5.74, 6) is 0. The Bertz CT molecular complexity index is 473. The Morgan fingerprint density at radius 1 is 1.25 bits per heavy atom. The lowest BCUT2D eigenvalue weighted by molar-refractivity contribution is 0.0902. The predicted octanol–water partition coefficient (Wildman–Crippen LogP) is 4.62. The summed E-state index contributed by atoms with van der Waals surface area (Å²) in [4.78, 5) is 12.0. The van der Waals surface area contributed by atoms with Crippen LogP contribution in [0, 0.1) is 13.8 Å². The molecule has 5 heteroatoms. The summed E-state index contributed by atoms with van der Waals surface area (Å²) in [6.07, 6.45) is 1.46. The van der Waals surface area contributed by atoms with Crippen molar-refractivity contribution in [2.45, 2.75) is 50.0 Å². The molecule has 3 atom stereocenters. The van der Waals surface area contributed by atoms with Crippen LogP contribution in [-0.2, 0) is 4.74 Å². The average Bonchev–Trinajstić information content (AvgIpc) is 2.38. The van der Waals surface area contributed by atoms with Crippen LogP contribution in [0.3, 0.4) is 0 Å². The molecule has 1 aliphatic carbocycles. The van der Waals surface area contributed by atoms with Gasteiger partial charge < -0.3 is 4.74 Å². The molecule has 0 bridgehead atoms. The quantitative estimate of drug-likeness (QED) is 0.809. The Balaban J connectivity index is 1.98. The lowest BCUT2D eigenvalue weighted by Gasteiger charge is -2.29. The Kier molecular flexibility index (Phi) is 5.17. The largest absolute Gasteiger partial charge is 0.444 e. The molecule has 2 rings (SSSR count). The SMILES string of the molecule is Cc1cccc(C)c1NC(=O)O[C@@H]1C[C@H](Cl)CC[C@@H]1Cl. The maximum atomic E-state index is 12.0. The van der Waals surface area contributed by atoms with Gasteiger partial charge in [-0.1, -0.05) is 18.2 Å². The van der Waals surface area contributed by atoms with Gasteiger partial charge in [0.15, 0.2) is 0 Å². The van der Waals surface area contributed by atoms with E-state index in [0.717, 1.165) is 29.7 Å². The fourth-order valence-corrected chi connectivity index (χ4v) is 3.03. The molecular weight excluding hydrogens is 297 g/mol. The number of hydrogen-bond acceptors (Lipinski definition) is 2. The number of rotatable bonds is 2. The van der Waals surface area contributed by atoms with Crippen molar-refractivity contribution in [2.24, 2.45) is 0 Å². The zero-order chi connectivity index (χ0) is 14.7. The Hall–Kier alpha value is -0.930. The maximum absolute atomic E-state index is 12.0. The number of halogens is 2. The van der Waals surface area contributed by atoms with Crippen LogP contribution in [0.15, 0.2) is 18.2 Å². The molecule has 1 aromatic rings. The second-order valence-corrected chi connectivity index (χ2v) is 6.44. The molecule has 20 heavy (non-hydrogen) atoms. The lowest BCUT2D eigenvalue weighted by atomic mass is 9.97. The van der Waals surface area contributed by atoms with Gasteiger partial charge in [-0.2, -0.15) is 0 Å². The third-order valence-corrected chi connectivity index (χ3v) is 4.51. The van der Waals surface area contributed by atoms with Gasteiger partial charge in [-0.15, -0.1) is 23.2 Å². The van der Waals surface area contributed by atoms with Gasteiger partial charge in [-0.25, -0.2) is 4.79 Å². The Labute approximate surface area is 129 Å². The smallest absolute Gasteiger partial charge is 0.411 e. The molecule has 1 aliphatic rings. The van der Waals surface area contributed by atoms with E-state index in [9.17, 15) is 4.79 Å². The number of carbonyl (C=O) groups is 1. The van der Waals surface area contributed by atoms with Gasteiger partial charge in [0.1, 0.15) is 6.10 Å². The van der Waals surface area contributed by atoms with Crippen molar-refractivity contribution in [3.8, 4) is 0 Å². The fourth-order valence-electron chi connectivity index (χ4n) is 2.45. The van der Waals surface area contributed by atoms with Crippen LogP contribution < -0.4 is 5.32 Å². The van der Waals surface area contributed by atoms with E-state index in [1.165, 1.54) is 0 Å². The van der Waals surface area contributed by atoms with E-state index in [1.54, 1.807) is 0 Å². The van der Waals surface area contributed by atoms with Crippen molar-refractivity contribution in [1.82, 2.24) is 0 Å². The number of para-hydroxylation sites is 1. The zero-order valence-corrected chi connectivity index (χ0v) is 13.2. The van der Waals surface area contributed by atoms with Crippen LogP contribution in [0.4, 0.5) is 10.5 Å². The molecule has 1 amide bonds. The Morgan fingerprint density at radius 3 is 2.55 bits per heavy atom. The van der Waals surface area contributed by atoms with Crippen molar-refractivity contribution >= 4 is 35.0 Å². The summed E-state index contributed by atoms with van der Waals surface area (Å²) >= 11 is 12.3. The summed E-state index contributed by atoms with van der Waals surface area (Å²) in [5.41, 5.74) is 2.80. The molecule has 0 saturated heterocycles. The summed E-state index contributed by atoms with van der Waals surface area (Å²) in [7, 11) is 0. The number of carbonyl (C=O) groups excluding carboxylic acids is 1. The second kappa shape index (κ2) is 6.68. The molecule has 1 saturated carbocycles. The summed E-state index contributed by atoms with van der Waals surface area (Å²) in [6.45, 7) is 3.89. The lowest BCUT2D eigenvalue weighted by Crippen LogP contribution is -2.36. The highest BCUT2D eigenvalue weighted by molar-refractivity contribution is 6.22. The first-order valence-electron chi connectivity index (χ1n) is 6.79. The van der Waals surface area contributed by atoms with E-state index < -0.39 is 6.09 Å². The molecule has 110 valence electrons. The molecule has 0 aliphatic heterocycles. The predicted molar refractivity (Wildman–Crippen MR) is 82.9 cm³/mol. The van der Waals surface area contributed by atoms with E-state index >= 15 is 0 Å². The Morgan fingerprint density at radius 2 is 1.90 bits per heavy atom. The van der Waals surface area contributed by atoms with Crippen molar-refractivity contribution < 1.29 is 9.53 Å². The summed E-state index contributed by atoms with van der Waals surface area (Å²) < 4.78 is 5.42. The minimum atomic E-state index is -0.469. The van der Waals surface area contributed by atoms with Crippen molar-refractivity contribution in [3.63, 3.8) is 0 Å².